The summed E-state index contributed by atoms with van der Waals surface area (Å²) in [6.45, 7) is 6.39. The first-order chi connectivity index (χ1) is 13.4. The Balaban J connectivity index is 4.72. The maximum absolute atomic E-state index is 12.5. The molecule has 29 heavy (non-hydrogen) atoms. The van der Waals surface area contributed by atoms with Crippen molar-refractivity contribution in [1.29, 1.82) is 0 Å². The van der Waals surface area contributed by atoms with Gasteiger partial charge in [-0.1, -0.05) is 6.92 Å². The van der Waals surface area contributed by atoms with Gasteiger partial charge in [0.1, 0.15) is 13.2 Å². The Bertz CT molecular complexity index is 538. The molecule has 0 saturated heterocycles. The predicted molar refractivity (Wildman–Crippen MR) is 108 cm³/mol. The van der Waals surface area contributed by atoms with Gasteiger partial charge in [0.2, 0.25) is 0 Å². The fourth-order valence-electron chi connectivity index (χ4n) is 2.75. The Morgan fingerprint density at radius 3 is 2.10 bits per heavy atom. The minimum atomic E-state index is -1.57. The second-order valence-corrected chi connectivity index (χ2v) is 9.51. The van der Waals surface area contributed by atoms with Crippen LogP contribution in [-0.2, 0) is 34.6 Å². The van der Waals surface area contributed by atoms with E-state index in [0.717, 1.165) is 0 Å². The Hall–Kier alpha value is -1.07. The number of rotatable bonds is 15. The molecule has 9 nitrogen and oxygen atoms in total. The zero-order valence-corrected chi connectivity index (χ0v) is 18.8. The Morgan fingerprint density at radius 1 is 1.00 bits per heavy atom. The first kappa shape index (κ1) is 27.9. The largest absolute Gasteiger partial charge is 0.463 e. The second-order valence-electron chi connectivity index (χ2n) is 7.97. The molecule has 0 spiro atoms. The highest BCUT2D eigenvalue weighted by Gasteiger charge is 2.43. The molecule has 172 valence electrons. The molecule has 0 aromatic rings. The van der Waals surface area contributed by atoms with Crippen molar-refractivity contribution in [3.8, 4) is 0 Å². The van der Waals surface area contributed by atoms with E-state index in [4.69, 9.17) is 19.3 Å². The Kier molecular flexibility index (Phi) is 12.8. The van der Waals surface area contributed by atoms with Crippen molar-refractivity contribution >= 4 is 22.7 Å². The number of carbonyl (C=O) groups is 2. The molecule has 3 N–H and O–H groups in total. The van der Waals surface area contributed by atoms with Crippen LogP contribution in [0.25, 0.3) is 0 Å². The number of methoxy groups -OCH3 is 1. The molecular formula is C19H36O9S. The van der Waals surface area contributed by atoms with E-state index < -0.39 is 52.4 Å². The number of hydrogen-bond acceptors (Lipinski definition) is 9. The molecule has 4 atom stereocenters. The quantitative estimate of drug-likeness (QED) is 0.237. The number of aliphatic hydroxyl groups excluding tert-OH is 3. The summed E-state index contributed by atoms with van der Waals surface area (Å²) in [7, 11) is -0.0617. The van der Waals surface area contributed by atoms with Crippen LogP contribution in [0.4, 0.5) is 0 Å². The van der Waals surface area contributed by atoms with E-state index in [1.54, 1.807) is 20.8 Å². The summed E-state index contributed by atoms with van der Waals surface area (Å²) < 4.78 is 27.0. The summed E-state index contributed by atoms with van der Waals surface area (Å²) in [4.78, 5) is 24.9. The number of esters is 2. The standard InChI is InChI=1S/C19H36O9S/c1-6-19(4,17(24)27-8-7-26-5)13-18(2,3)16(23)28-10-15(22)12-29(25)11-14(21)9-20/h14-15,20-22H,6-13H2,1-5H3. The van der Waals surface area contributed by atoms with Gasteiger partial charge in [0.15, 0.2) is 0 Å². The molecule has 0 amide bonds. The first-order valence-corrected chi connectivity index (χ1v) is 11.1. The minimum absolute atomic E-state index is 0.129. The van der Waals surface area contributed by atoms with E-state index in [9.17, 15) is 24.0 Å². The van der Waals surface area contributed by atoms with Gasteiger partial charge in [0.25, 0.3) is 0 Å². The highest BCUT2D eigenvalue weighted by Crippen LogP contribution is 2.38. The van der Waals surface area contributed by atoms with Crippen molar-refractivity contribution in [1.82, 2.24) is 0 Å². The van der Waals surface area contributed by atoms with Crippen molar-refractivity contribution < 1.29 is 43.3 Å². The molecular weight excluding hydrogens is 404 g/mol. The SMILES string of the molecule is CCC(C)(CC(C)(C)C(=O)OCC(O)CS(=O)CC(O)CO)C(=O)OCCOC. The van der Waals surface area contributed by atoms with Gasteiger partial charge < -0.3 is 29.5 Å². The van der Waals surface area contributed by atoms with Crippen LogP contribution in [0.5, 0.6) is 0 Å². The lowest BCUT2D eigenvalue weighted by atomic mass is 9.72. The van der Waals surface area contributed by atoms with Gasteiger partial charge in [-0.05, 0) is 33.6 Å². The van der Waals surface area contributed by atoms with Crippen LogP contribution in [-0.4, -0.2) is 88.7 Å². The van der Waals surface area contributed by atoms with Crippen LogP contribution in [0, 0.1) is 10.8 Å². The van der Waals surface area contributed by atoms with Gasteiger partial charge in [-0.2, -0.15) is 0 Å². The van der Waals surface area contributed by atoms with Crippen LogP contribution in [0.15, 0.2) is 0 Å². The second kappa shape index (κ2) is 13.3. The lowest BCUT2D eigenvalue weighted by molar-refractivity contribution is -0.165. The Morgan fingerprint density at radius 2 is 1.59 bits per heavy atom. The van der Waals surface area contributed by atoms with Crippen molar-refractivity contribution in [3.63, 3.8) is 0 Å². The van der Waals surface area contributed by atoms with E-state index >= 15 is 0 Å². The summed E-state index contributed by atoms with van der Waals surface area (Å²) in [5, 5.41) is 27.9. The third kappa shape index (κ3) is 10.5. The number of hydrogen-bond donors (Lipinski definition) is 3. The molecule has 0 aliphatic heterocycles. The van der Waals surface area contributed by atoms with Crippen LogP contribution >= 0.6 is 0 Å². The van der Waals surface area contributed by atoms with Gasteiger partial charge in [-0.15, -0.1) is 0 Å². The van der Waals surface area contributed by atoms with Gasteiger partial charge in [0.05, 0.1) is 47.8 Å². The van der Waals surface area contributed by atoms with Crippen LogP contribution in [0.2, 0.25) is 0 Å². The van der Waals surface area contributed by atoms with Crippen molar-refractivity contribution in [3.05, 3.63) is 0 Å². The summed E-state index contributed by atoms with van der Waals surface area (Å²) in [5.41, 5.74) is -1.91. The molecule has 0 radical (unpaired) electrons. The third-order valence-electron chi connectivity index (χ3n) is 4.55. The predicted octanol–water partition coefficient (Wildman–Crippen LogP) is 0.0146. The van der Waals surface area contributed by atoms with E-state index in [1.807, 2.05) is 6.92 Å². The molecule has 0 fully saturated rings. The highest BCUT2D eigenvalue weighted by atomic mass is 32.2. The van der Waals surface area contributed by atoms with E-state index in [0.29, 0.717) is 6.42 Å². The van der Waals surface area contributed by atoms with Crippen molar-refractivity contribution in [2.45, 2.75) is 52.7 Å². The highest BCUT2D eigenvalue weighted by molar-refractivity contribution is 7.85. The molecule has 0 bridgehead atoms. The van der Waals surface area contributed by atoms with Gasteiger partial charge in [0, 0.05) is 17.9 Å². The number of carbonyl (C=O) groups excluding carboxylic acids is 2. The fraction of sp³-hybridized carbons (Fsp3) is 0.895. The summed E-state index contributed by atoms with van der Waals surface area (Å²) in [6.07, 6.45) is -1.64. The lowest BCUT2D eigenvalue weighted by Crippen LogP contribution is -2.40. The zero-order valence-electron chi connectivity index (χ0n) is 18.0. The topological polar surface area (TPSA) is 140 Å². The Labute approximate surface area is 175 Å². The molecule has 0 aromatic carbocycles. The smallest absolute Gasteiger partial charge is 0.311 e. The monoisotopic (exact) mass is 440 g/mol. The fourth-order valence-corrected chi connectivity index (χ4v) is 3.94. The summed E-state index contributed by atoms with van der Waals surface area (Å²) in [6, 6.07) is 0. The van der Waals surface area contributed by atoms with Gasteiger partial charge >= 0.3 is 11.9 Å². The number of aliphatic hydroxyl groups is 3. The average molecular weight is 441 g/mol. The van der Waals surface area contributed by atoms with Crippen molar-refractivity contribution in [2.24, 2.45) is 10.8 Å². The molecule has 0 heterocycles. The normalized spacial score (nSPS) is 17.1. The molecule has 0 aliphatic carbocycles. The van der Waals surface area contributed by atoms with Gasteiger partial charge in [-0.3, -0.25) is 13.8 Å². The molecule has 4 unspecified atom stereocenters. The summed E-state index contributed by atoms with van der Waals surface area (Å²) >= 11 is 0. The molecule has 0 saturated carbocycles. The molecule has 0 rings (SSSR count). The van der Waals surface area contributed by atoms with Crippen LogP contribution in [0.3, 0.4) is 0 Å². The van der Waals surface area contributed by atoms with Crippen molar-refractivity contribution in [2.75, 3.05) is 45.0 Å². The summed E-state index contributed by atoms with van der Waals surface area (Å²) in [5.74, 6) is -1.38. The van der Waals surface area contributed by atoms with Crippen LogP contribution in [0.1, 0.15) is 40.5 Å². The lowest BCUT2D eigenvalue weighted by Gasteiger charge is -2.33. The zero-order chi connectivity index (χ0) is 22.7. The maximum Gasteiger partial charge on any atom is 0.311 e. The minimum Gasteiger partial charge on any atom is -0.463 e. The van der Waals surface area contributed by atoms with Crippen LogP contribution < -0.4 is 0 Å². The van der Waals surface area contributed by atoms with Gasteiger partial charge in [-0.25, -0.2) is 0 Å². The van der Waals surface area contributed by atoms with E-state index in [2.05, 4.69) is 0 Å². The maximum atomic E-state index is 12.5. The average Bonchev–Trinajstić information content (AvgIpc) is 2.65. The number of ether oxygens (including phenoxy) is 3. The first-order valence-electron chi connectivity index (χ1n) is 9.57. The molecule has 10 heteroatoms. The molecule has 0 aromatic heterocycles. The molecule has 0 aliphatic rings. The van der Waals surface area contributed by atoms with E-state index in [1.165, 1.54) is 7.11 Å². The van der Waals surface area contributed by atoms with E-state index in [-0.39, 0.29) is 37.7 Å². The third-order valence-corrected chi connectivity index (χ3v) is 6.07.